The molecular formula is C11H18N2O. The molecule has 0 aliphatic heterocycles. The molecule has 1 saturated carbocycles. The number of carbonyl (C=O) groups is 1. The Bertz CT molecular complexity index is 261. The number of nitriles is 1. The first-order valence-corrected chi connectivity index (χ1v) is 5.14. The molecule has 1 amide bonds. The van der Waals surface area contributed by atoms with Crippen LogP contribution in [0, 0.1) is 22.7 Å². The number of amides is 1. The predicted molar refractivity (Wildman–Crippen MR) is 54.4 cm³/mol. The van der Waals surface area contributed by atoms with E-state index in [0.29, 0.717) is 5.92 Å². The molecule has 0 aromatic heterocycles. The van der Waals surface area contributed by atoms with Crippen LogP contribution in [-0.4, -0.2) is 24.4 Å². The number of hydrogen-bond acceptors (Lipinski definition) is 2. The maximum absolute atomic E-state index is 11.8. The molecule has 0 saturated heterocycles. The standard InChI is InChI=1S/C11H18N2O/c1-11(2,8-12)10(14)13(3)7-9-5-4-6-9/h9H,4-7H2,1-3H3. The van der Waals surface area contributed by atoms with Crippen LogP contribution in [0.1, 0.15) is 33.1 Å². The third kappa shape index (κ3) is 2.25. The SMILES string of the molecule is CN(CC1CCC1)C(=O)C(C)(C)C#N. The second-order valence-electron chi connectivity index (χ2n) is 4.72. The van der Waals surface area contributed by atoms with Crippen LogP contribution in [0.5, 0.6) is 0 Å². The average Bonchev–Trinajstić information content (AvgIpc) is 2.09. The van der Waals surface area contributed by atoms with Crippen molar-refractivity contribution < 1.29 is 4.79 Å². The Labute approximate surface area is 85.7 Å². The summed E-state index contributed by atoms with van der Waals surface area (Å²) in [4.78, 5) is 13.5. The molecule has 1 fully saturated rings. The Balaban J connectivity index is 2.47. The summed E-state index contributed by atoms with van der Waals surface area (Å²) in [6, 6.07) is 2.04. The zero-order valence-electron chi connectivity index (χ0n) is 9.21. The highest BCUT2D eigenvalue weighted by Crippen LogP contribution is 2.28. The summed E-state index contributed by atoms with van der Waals surface area (Å²) in [5.41, 5.74) is -0.876. The molecule has 78 valence electrons. The molecule has 0 atom stereocenters. The molecule has 1 rings (SSSR count). The first-order chi connectivity index (χ1) is 6.47. The molecule has 1 aliphatic rings. The molecular weight excluding hydrogens is 176 g/mol. The topological polar surface area (TPSA) is 44.1 Å². The summed E-state index contributed by atoms with van der Waals surface area (Å²) in [5, 5.41) is 8.82. The van der Waals surface area contributed by atoms with Crippen LogP contribution in [0.3, 0.4) is 0 Å². The van der Waals surface area contributed by atoms with Crippen molar-refractivity contribution in [1.82, 2.24) is 4.90 Å². The molecule has 1 aliphatic carbocycles. The van der Waals surface area contributed by atoms with Gasteiger partial charge in [0, 0.05) is 13.6 Å². The molecule has 0 unspecified atom stereocenters. The number of carbonyl (C=O) groups excluding carboxylic acids is 1. The van der Waals surface area contributed by atoms with E-state index in [-0.39, 0.29) is 5.91 Å². The Kier molecular flexibility index (Phi) is 3.15. The maximum atomic E-state index is 11.8. The summed E-state index contributed by atoms with van der Waals surface area (Å²) in [5.74, 6) is 0.602. The number of nitrogens with zero attached hydrogens (tertiary/aromatic N) is 2. The monoisotopic (exact) mass is 194 g/mol. The van der Waals surface area contributed by atoms with Crippen molar-refractivity contribution in [3.63, 3.8) is 0 Å². The van der Waals surface area contributed by atoms with Gasteiger partial charge in [-0.2, -0.15) is 5.26 Å². The molecule has 0 aromatic carbocycles. The van der Waals surface area contributed by atoms with E-state index >= 15 is 0 Å². The number of hydrogen-bond donors (Lipinski definition) is 0. The largest absolute Gasteiger partial charge is 0.344 e. The highest BCUT2D eigenvalue weighted by Gasteiger charge is 2.32. The lowest BCUT2D eigenvalue weighted by Crippen LogP contribution is -2.41. The third-order valence-electron chi connectivity index (χ3n) is 2.92. The lowest BCUT2D eigenvalue weighted by atomic mass is 9.84. The number of rotatable bonds is 3. The smallest absolute Gasteiger partial charge is 0.242 e. The molecule has 0 heterocycles. The molecule has 0 aromatic rings. The second kappa shape index (κ2) is 4.00. The van der Waals surface area contributed by atoms with Gasteiger partial charge >= 0.3 is 0 Å². The predicted octanol–water partition coefficient (Wildman–Crippen LogP) is 1.79. The third-order valence-corrected chi connectivity index (χ3v) is 2.92. The van der Waals surface area contributed by atoms with Crippen molar-refractivity contribution in [3.05, 3.63) is 0 Å². The Morgan fingerprint density at radius 3 is 2.50 bits per heavy atom. The highest BCUT2D eigenvalue weighted by atomic mass is 16.2. The molecule has 14 heavy (non-hydrogen) atoms. The molecule has 0 radical (unpaired) electrons. The first kappa shape index (κ1) is 11.0. The Hall–Kier alpha value is -1.04. The van der Waals surface area contributed by atoms with Crippen LogP contribution >= 0.6 is 0 Å². The summed E-state index contributed by atoms with van der Waals surface area (Å²) in [7, 11) is 1.79. The van der Waals surface area contributed by atoms with Crippen LogP contribution < -0.4 is 0 Å². The van der Waals surface area contributed by atoms with Crippen molar-refractivity contribution in [2.45, 2.75) is 33.1 Å². The van der Waals surface area contributed by atoms with Crippen molar-refractivity contribution in [1.29, 1.82) is 5.26 Å². The summed E-state index contributed by atoms with van der Waals surface area (Å²) < 4.78 is 0. The van der Waals surface area contributed by atoms with Crippen LogP contribution in [0.15, 0.2) is 0 Å². The minimum atomic E-state index is -0.876. The van der Waals surface area contributed by atoms with Gasteiger partial charge in [-0.25, -0.2) is 0 Å². The lowest BCUT2D eigenvalue weighted by Gasteiger charge is -2.32. The van der Waals surface area contributed by atoms with Crippen LogP contribution in [-0.2, 0) is 4.79 Å². The van der Waals surface area contributed by atoms with E-state index in [0.717, 1.165) is 6.54 Å². The second-order valence-corrected chi connectivity index (χ2v) is 4.72. The van der Waals surface area contributed by atoms with E-state index in [4.69, 9.17) is 5.26 Å². The fraction of sp³-hybridized carbons (Fsp3) is 0.818. The van der Waals surface area contributed by atoms with E-state index in [1.807, 2.05) is 6.07 Å². The van der Waals surface area contributed by atoms with Crippen LogP contribution in [0.2, 0.25) is 0 Å². The van der Waals surface area contributed by atoms with Crippen molar-refractivity contribution in [2.24, 2.45) is 11.3 Å². The maximum Gasteiger partial charge on any atom is 0.242 e. The van der Waals surface area contributed by atoms with E-state index in [1.165, 1.54) is 19.3 Å². The highest BCUT2D eigenvalue weighted by molar-refractivity contribution is 5.84. The quantitative estimate of drug-likeness (QED) is 0.687. The minimum absolute atomic E-state index is 0.0631. The van der Waals surface area contributed by atoms with Gasteiger partial charge in [0.2, 0.25) is 5.91 Å². The van der Waals surface area contributed by atoms with Crippen LogP contribution in [0.4, 0.5) is 0 Å². The molecule has 0 spiro atoms. The minimum Gasteiger partial charge on any atom is -0.344 e. The van der Waals surface area contributed by atoms with Crippen molar-refractivity contribution in [3.8, 4) is 6.07 Å². The van der Waals surface area contributed by atoms with Gasteiger partial charge in [0.25, 0.3) is 0 Å². The first-order valence-electron chi connectivity index (χ1n) is 5.14. The molecule has 0 bridgehead atoms. The summed E-state index contributed by atoms with van der Waals surface area (Å²) >= 11 is 0. The van der Waals surface area contributed by atoms with Gasteiger partial charge in [0.1, 0.15) is 5.41 Å². The Morgan fingerprint density at radius 1 is 1.57 bits per heavy atom. The summed E-state index contributed by atoms with van der Waals surface area (Å²) in [6.07, 6.45) is 3.74. The Morgan fingerprint density at radius 2 is 2.14 bits per heavy atom. The van der Waals surface area contributed by atoms with Gasteiger partial charge in [-0.15, -0.1) is 0 Å². The van der Waals surface area contributed by atoms with Gasteiger partial charge in [-0.3, -0.25) is 4.79 Å². The zero-order chi connectivity index (χ0) is 10.8. The van der Waals surface area contributed by atoms with E-state index < -0.39 is 5.41 Å². The van der Waals surface area contributed by atoms with Crippen LogP contribution in [0.25, 0.3) is 0 Å². The van der Waals surface area contributed by atoms with Gasteiger partial charge < -0.3 is 4.90 Å². The van der Waals surface area contributed by atoms with Gasteiger partial charge in [-0.05, 0) is 32.6 Å². The molecule has 0 N–H and O–H groups in total. The fourth-order valence-electron chi connectivity index (χ4n) is 1.67. The lowest BCUT2D eigenvalue weighted by molar-refractivity contribution is -0.137. The van der Waals surface area contributed by atoms with Crippen molar-refractivity contribution in [2.75, 3.05) is 13.6 Å². The van der Waals surface area contributed by atoms with E-state index in [2.05, 4.69) is 0 Å². The van der Waals surface area contributed by atoms with Gasteiger partial charge in [0.15, 0.2) is 0 Å². The van der Waals surface area contributed by atoms with E-state index in [1.54, 1.807) is 25.8 Å². The average molecular weight is 194 g/mol. The van der Waals surface area contributed by atoms with Crippen molar-refractivity contribution >= 4 is 5.91 Å². The fourth-order valence-corrected chi connectivity index (χ4v) is 1.67. The van der Waals surface area contributed by atoms with Gasteiger partial charge in [-0.1, -0.05) is 6.42 Å². The van der Waals surface area contributed by atoms with E-state index in [9.17, 15) is 4.79 Å². The molecule has 3 nitrogen and oxygen atoms in total. The van der Waals surface area contributed by atoms with Gasteiger partial charge in [0.05, 0.1) is 6.07 Å². The normalized spacial score (nSPS) is 17.0. The molecule has 3 heteroatoms. The zero-order valence-corrected chi connectivity index (χ0v) is 9.21. The summed E-state index contributed by atoms with van der Waals surface area (Å²) in [6.45, 7) is 4.16.